The Balaban J connectivity index is -0.000000201. The van der Waals surface area contributed by atoms with Gasteiger partial charge in [-0.05, 0) is 51.7 Å². The van der Waals surface area contributed by atoms with E-state index < -0.39 is 53.4 Å². The molecule has 0 aliphatic carbocycles. The number of carbonyl (C=O) groups excluding carboxylic acids is 4. The van der Waals surface area contributed by atoms with Crippen LogP contribution in [-0.2, 0) is 71.1 Å². The van der Waals surface area contributed by atoms with E-state index in [2.05, 4.69) is 9.97 Å². The third kappa shape index (κ3) is 31.5. The van der Waals surface area contributed by atoms with Gasteiger partial charge in [0.2, 0.25) is 0 Å². The van der Waals surface area contributed by atoms with Gasteiger partial charge in [0, 0.05) is 61.6 Å². The van der Waals surface area contributed by atoms with Crippen LogP contribution in [0.4, 0.5) is 0 Å². The first-order chi connectivity index (χ1) is 23.9. The number of H-pyrrole nitrogens is 2. The Hall–Kier alpha value is -3.45. The van der Waals surface area contributed by atoms with Crippen LogP contribution < -0.4 is 40.4 Å². The predicted octanol–water partition coefficient (Wildman–Crippen LogP) is -3.52. The average molecular weight is 876 g/mol. The van der Waals surface area contributed by atoms with E-state index in [0.717, 1.165) is 25.7 Å². The van der Waals surface area contributed by atoms with Gasteiger partial charge in [0.1, 0.15) is 17.3 Å². The molecule has 2 rings (SSSR count). The van der Waals surface area contributed by atoms with E-state index in [1.165, 1.54) is 13.8 Å². The first-order valence-electron chi connectivity index (χ1n) is 14.9. The van der Waals surface area contributed by atoms with Crippen molar-refractivity contribution in [1.29, 1.82) is 0 Å². The molecule has 0 radical (unpaired) electrons. The number of aliphatic carboxylic acids is 4. The summed E-state index contributed by atoms with van der Waals surface area (Å²) in [4.78, 5) is 76.5. The van der Waals surface area contributed by atoms with Crippen LogP contribution in [0.25, 0.3) is 0 Å². The summed E-state index contributed by atoms with van der Waals surface area (Å²) in [5, 5.41) is 34.1. The van der Waals surface area contributed by atoms with E-state index in [0.29, 0.717) is 23.2 Å². The number of ketones is 2. The minimum Gasteiger partial charge on any atom is -0.550 e. The largest absolute Gasteiger partial charge is 1.00 e. The molecule has 25 heteroatoms. The van der Waals surface area contributed by atoms with Gasteiger partial charge in [0.25, 0.3) is 0 Å². The maximum atomic E-state index is 11.6. The van der Waals surface area contributed by atoms with Gasteiger partial charge in [-0.1, -0.05) is 0 Å². The van der Waals surface area contributed by atoms with E-state index in [-0.39, 0.29) is 125 Å². The number of aromatic amines is 2. The van der Waals surface area contributed by atoms with Crippen molar-refractivity contribution in [3.63, 3.8) is 0 Å². The molecule has 0 spiro atoms. The summed E-state index contributed by atoms with van der Waals surface area (Å²) in [5.74, 6) is -4.89. The van der Waals surface area contributed by atoms with Crippen LogP contribution in [0.2, 0.25) is 0 Å². The topological polar surface area (TPSA) is 363 Å². The third-order valence-corrected chi connectivity index (χ3v) is 9.26. The number of rotatable bonds is 15. The third-order valence-electron chi connectivity index (χ3n) is 5.72. The summed E-state index contributed by atoms with van der Waals surface area (Å²) in [5.41, 5.74) is 6.75. The Morgan fingerprint density at radius 2 is 1.18 bits per heavy atom. The van der Waals surface area contributed by atoms with Crippen LogP contribution in [0.3, 0.4) is 0 Å². The zero-order chi connectivity index (χ0) is 42.5. The normalized spacial score (nSPS) is 10.3. The van der Waals surface area contributed by atoms with Gasteiger partial charge in [0.15, 0.2) is 35.8 Å². The van der Waals surface area contributed by atoms with Crippen molar-refractivity contribution in [2.75, 3.05) is 31.1 Å². The number of hydrogen-bond acceptors (Lipinski definition) is 15. The van der Waals surface area contributed by atoms with Gasteiger partial charge in [-0.15, -0.1) is 12.4 Å². The Morgan fingerprint density at radius 3 is 1.49 bits per heavy atom. The molecule has 2 heterocycles. The summed E-state index contributed by atoms with van der Waals surface area (Å²) < 4.78 is 66.4. The molecule has 0 amide bonds. The maximum absolute atomic E-state index is 11.6. The molecule has 2 aromatic rings. The van der Waals surface area contributed by atoms with Crippen molar-refractivity contribution in [2.45, 2.75) is 76.0 Å². The molecule has 2 aromatic heterocycles. The molecule has 0 aromatic carbocycles. The molecular formula is C30H47ClN3NaO17S3. The number of nitrogens with two attached hydrogens (primary N) is 1. The number of carboxylic acids is 4. The molecule has 0 aliphatic rings. The van der Waals surface area contributed by atoms with E-state index in [9.17, 15) is 54.0 Å². The number of nitrogens with one attached hydrogen (secondary N) is 2. The molecule has 310 valence electrons. The Morgan fingerprint density at radius 1 is 0.764 bits per heavy atom. The minimum atomic E-state index is -3.48. The maximum Gasteiger partial charge on any atom is 1.00 e. The number of Topliss-reactive ketones (excluding diaryl/α,β-unsaturated/α-hetero) is 2. The number of hydrogen-bond donors (Lipinski definition) is 6. The summed E-state index contributed by atoms with van der Waals surface area (Å²) in [7, 11) is -9.85. The van der Waals surface area contributed by atoms with Gasteiger partial charge in [0.05, 0.1) is 28.5 Å². The molecule has 7 N–H and O–H groups in total. The zero-order valence-electron chi connectivity index (χ0n) is 31.6. The van der Waals surface area contributed by atoms with Crippen LogP contribution in [0, 0.1) is 13.8 Å². The molecule has 0 aliphatic heterocycles. The minimum absolute atomic E-state index is 0. The summed E-state index contributed by atoms with van der Waals surface area (Å²) in [6.07, 6.45) is 5.11. The standard InChI is InChI=1S/C10H13NO5S.C9H13NO4S.C5H9NO3.C4H8O3S.C2H4O2.ClH.Na/c1-6-10(17(2,15)16)7(3-4-9(13)14)8(5-12)11-6;1-6-9(15(2,13)14)7(5-10-6)3-4-8(11)12;6-3-4(7)1-2-5(8)9;1-4(5)3-8(2,6)7;1-2(3)4;;/h5,11H,3-4H2,1-2H3,(H,13,14);5,10H,3-4H2,1-2H3,(H,11,12);1-3,6H2,(H,8,9);3H2,1-2H3;1H3,(H,3,4);1H;/q;;;;;;+1/p-1. The van der Waals surface area contributed by atoms with Crippen molar-refractivity contribution in [3.8, 4) is 0 Å². The van der Waals surface area contributed by atoms with E-state index in [4.69, 9.17) is 31.0 Å². The van der Waals surface area contributed by atoms with E-state index in [1.54, 1.807) is 13.1 Å². The van der Waals surface area contributed by atoms with Crippen LogP contribution >= 0.6 is 12.4 Å². The van der Waals surface area contributed by atoms with Crippen molar-refractivity contribution >= 4 is 83.6 Å². The van der Waals surface area contributed by atoms with Crippen LogP contribution in [0.5, 0.6) is 0 Å². The number of aldehydes is 1. The van der Waals surface area contributed by atoms with Gasteiger partial charge in [-0.25, -0.2) is 25.3 Å². The molecular weight excluding hydrogens is 829 g/mol. The molecule has 0 bridgehead atoms. The number of aryl methyl sites for hydroxylation is 3. The molecule has 20 nitrogen and oxygen atoms in total. The van der Waals surface area contributed by atoms with Crippen molar-refractivity contribution in [1.82, 2.24) is 9.97 Å². The van der Waals surface area contributed by atoms with Crippen LogP contribution in [-0.4, -0.2) is 123 Å². The number of halogens is 1. The van der Waals surface area contributed by atoms with Crippen LogP contribution in [0.15, 0.2) is 16.0 Å². The van der Waals surface area contributed by atoms with E-state index in [1.807, 2.05) is 0 Å². The predicted molar refractivity (Wildman–Crippen MR) is 194 cm³/mol. The van der Waals surface area contributed by atoms with Gasteiger partial charge >= 0.3 is 47.5 Å². The first kappa shape index (κ1) is 60.8. The monoisotopic (exact) mass is 875 g/mol. The molecule has 55 heavy (non-hydrogen) atoms. The number of carbonyl (C=O) groups is 7. The summed E-state index contributed by atoms with van der Waals surface area (Å²) in [6.45, 7) is 5.35. The second kappa shape index (κ2) is 28.9. The smallest absolute Gasteiger partial charge is 0.550 e. The fourth-order valence-electron chi connectivity index (χ4n) is 3.99. The Labute approximate surface area is 347 Å². The summed E-state index contributed by atoms with van der Waals surface area (Å²) in [6, 6.07) is 0. The average Bonchev–Trinajstić information content (AvgIpc) is 3.51. The second-order valence-corrected chi connectivity index (χ2v) is 17.1. The molecule has 0 fully saturated rings. The van der Waals surface area contributed by atoms with Gasteiger partial charge < -0.3 is 40.9 Å². The molecule has 0 atom stereocenters. The number of sulfone groups is 3. The van der Waals surface area contributed by atoms with Crippen molar-refractivity contribution in [2.24, 2.45) is 5.73 Å². The first-order valence-corrected chi connectivity index (χ1v) is 20.7. The van der Waals surface area contributed by atoms with Gasteiger partial charge in [-0.3, -0.25) is 28.8 Å². The van der Waals surface area contributed by atoms with E-state index >= 15 is 0 Å². The van der Waals surface area contributed by atoms with Crippen molar-refractivity contribution in [3.05, 3.63) is 34.4 Å². The molecule has 0 saturated carbocycles. The summed E-state index contributed by atoms with van der Waals surface area (Å²) >= 11 is 0. The Bertz CT molecular complexity index is 1930. The fourth-order valence-corrected chi connectivity index (χ4v) is 7.25. The number of aromatic nitrogens is 2. The number of carboxylic acid groups (broad SMARTS) is 4. The fraction of sp³-hybridized carbons (Fsp3) is 0.500. The van der Waals surface area contributed by atoms with Crippen molar-refractivity contribution < 1.29 is 109 Å². The zero-order valence-corrected chi connectivity index (χ0v) is 36.8. The van der Waals surface area contributed by atoms with Crippen LogP contribution in [0.1, 0.15) is 72.5 Å². The molecule has 0 unspecified atom stereocenters. The molecule has 0 saturated heterocycles. The van der Waals surface area contributed by atoms with Gasteiger partial charge in [-0.2, -0.15) is 0 Å². The quantitative estimate of drug-likeness (QED) is 0.0746. The second-order valence-electron chi connectivity index (χ2n) is 11.1. The SMILES string of the molecule is CC(=O)CS(C)(=O)=O.CC(=O)[O-].Cc1[nH]c(C=O)c(CCC(=O)O)c1S(C)(=O)=O.Cc1[nH]cc(CCC(=O)O)c1S(C)(=O)=O.Cl.NCC(=O)CCC(=O)O.[Na+]. The Kier molecular flexibility index (Phi) is 31.9.